The Morgan fingerprint density at radius 2 is 2.30 bits per heavy atom. The summed E-state index contributed by atoms with van der Waals surface area (Å²) in [5.41, 5.74) is 2.33. The van der Waals surface area contributed by atoms with Gasteiger partial charge in [0.2, 0.25) is 0 Å². The number of urea groups is 1. The lowest BCUT2D eigenvalue weighted by Gasteiger charge is -2.23. The fraction of sp³-hybridized carbons (Fsp3) is 0.562. The molecule has 2 aromatic rings. The molecular formula is C16H23N5O2. The van der Waals surface area contributed by atoms with Crippen LogP contribution in [-0.4, -0.2) is 50.5 Å². The van der Waals surface area contributed by atoms with Gasteiger partial charge in [0.25, 0.3) is 0 Å². The van der Waals surface area contributed by atoms with Gasteiger partial charge in [-0.3, -0.25) is 4.68 Å². The highest BCUT2D eigenvalue weighted by molar-refractivity contribution is 5.91. The number of carbonyl (C=O) groups excluding carboxylic acids is 1. The van der Waals surface area contributed by atoms with Crippen molar-refractivity contribution in [2.75, 3.05) is 18.9 Å². The van der Waals surface area contributed by atoms with Crippen molar-refractivity contribution in [1.82, 2.24) is 19.7 Å². The number of pyridine rings is 1. The van der Waals surface area contributed by atoms with Gasteiger partial charge in [-0.05, 0) is 25.8 Å². The molecule has 0 aliphatic heterocycles. The number of carbonyl (C=O) groups is 1. The van der Waals surface area contributed by atoms with Gasteiger partial charge in [-0.2, -0.15) is 5.10 Å². The van der Waals surface area contributed by atoms with Gasteiger partial charge in [0, 0.05) is 31.9 Å². The second kappa shape index (κ2) is 6.16. The Balaban J connectivity index is 1.68. The van der Waals surface area contributed by atoms with E-state index in [4.69, 9.17) is 0 Å². The van der Waals surface area contributed by atoms with Crippen molar-refractivity contribution in [2.24, 2.45) is 13.0 Å². The van der Waals surface area contributed by atoms with Crippen molar-refractivity contribution in [3.63, 3.8) is 0 Å². The zero-order valence-corrected chi connectivity index (χ0v) is 13.8. The second-order valence-electron chi connectivity index (χ2n) is 6.37. The van der Waals surface area contributed by atoms with Gasteiger partial charge < -0.3 is 15.3 Å². The Labute approximate surface area is 135 Å². The molecule has 0 spiro atoms. The topological polar surface area (TPSA) is 83.3 Å². The monoisotopic (exact) mass is 317 g/mol. The molecule has 3 rings (SSSR count). The number of amides is 2. The molecule has 2 aromatic heterocycles. The van der Waals surface area contributed by atoms with Crippen LogP contribution in [0.3, 0.4) is 0 Å². The Morgan fingerprint density at radius 1 is 1.52 bits per heavy atom. The molecule has 1 aliphatic carbocycles. The average Bonchev–Trinajstić information content (AvgIpc) is 3.03. The first-order chi connectivity index (χ1) is 11.0. The first kappa shape index (κ1) is 15.7. The predicted octanol–water partition coefficient (Wildman–Crippen LogP) is 1.90. The molecule has 7 nitrogen and oxygen atoms in total. The minimum atomic E-state index is -0.290. The maximum absolute atomic E-state index is 12.3. The number of aliphatic hydroxyl groups is 1. The van der Waals surface area contributed by atoms with Crippen LogP contribution in [0.25, 0.3) is 11.0 Å². The summed E-state index contributed by atoms with van der Waals surface area (Å²) in [4.78, 5) is 18.3. The minimum Gasteiger partial charge on any atom is -0.393 e. The lowest BCUT2D eigenvalue weighted by atomic mass is 10.1. The highest BCUT2D eigenvalue weighted by atomic mass is 16.3. The van der Waals surface area contributed by atoms with Crippen LogP contribution in [-0.2, 0) is 7.05 Å². The molecule has 2 N–H and O–H groups in total. The molecule has 2 amide bonds. The number of anilines is 1. The number of hydrogen-bond acceptors (Lipinski definition) is 4. The third-order valence-corrected chi connectivity index (χ3v) is 4.59. The van der Waals surface area contributed by atoms with Crippen molar-refractivity contribution in [3.05, 3.63) is 18.0 Å². The van der Waals surface area contributed by atoms with Gasteiger partial charge in [-0.15, -0.1) is 0 Å². The van der Waals surface area contributed by atoms with Crippen LogP contribution in [0.5, 0.6) is 0 Å². The van der Waals surface area contributed by atoms with E-state index in [0.29, 0.717) is 12.2 Å². The quantitative estimate of drug-likeness (QED) is 0.905. The Hall–Kier alpha value is -2.15. The summed E-state index contributed by atoms with van der Waals surface area (Å²) in [6.45, 7) is 2.48. The van der Waals surface area contributed by atoms with E-state index in [1.807, 2.05) is 20.0 Å². The summed E-state index contributed by atoms with van der Waals surface area (Å²) in [5.74, 6) is 0.173. The van der Waals surface area contributed by atoms with Crippen molar-refractivity contribution >= 4 is 22.8 Å². The molecular weight excluding hydrogens is 294 g/mol. The largest absolute Gasteiger partial charge is 0.393 e. The lowest BCUT2D eigenvalue weighted by molar-refractivity contribution is 0.116. The van der Waals surface area contributed by atoms with Crippen molar-refractivity contribution in [1.29, 1.82) is 0 Å². The second-order valence-corrected chi connectivity index (χ2v) is 6.37. The molecule has 1 saturated carbocycles. The number of fused-ring (bicyclic) bond motifs is 1. The molecule has 0 bridgehead atoms. The molecule has 7 heteroatoms. The van der Waals surface area contributed by atoms with Crippen molar-refractivity contribution in [2.45, 2.75) is 32.3 Å². The number of aliphatic hydroxyl groups excluding tert-OH is 1. The molecule has 23 heavy (non-hydrogen) atoms. The summed E-state index contributed by atoms with van der Waals surface area (Å²) >= 11 is 0. The van der Waals surface area contributed by atoms with Crippen LogP contribution in [0.2, 0.25) is 0 Å². The standard InChI is InChI=1S/C16H23N5O2/c1-10-13-7-12(8-17-15(13)21(3)19-10)18-16(23)20(2)9-11-5-4-6-14(11)22/h7-8,11,14,22H,4-6,9H2,1-3H3,(H,18,23). The highest BCUT2D eigenvalue weighted by Gasteiger charge is 2.27. The van der Waals surface area contributed by atoms with Gasteiger partial charge in [-0.1, -0.05) is 6.42 Å². The summed E-state index contributed by atoms with van der Waals surface area (Å²) < 4.78 is 1.73. The maximum atomic E-state index is 12.3. The molecule has 2 unspecified atom stereocenters. The summed E-state index contributed by atoms with van der Waals surface area (Å²) in [7, 11) is 3.60. The number of rotatable bonds is 3. The van der Waals surface area contributed by atoms with Gasteiger partial charge >= 0.3 is 6.03 Å². The number of aromatic nitrogens is 3. The van der Waals surface area contributed by atoms with E-state index in [9.17, 15) is 9.90 Å². The van der Waals surface area contributed by atoms with E-state index in [-0.39, 0.29) is 18.1 Å². The van der Waals surface area contributed by atoms with E-state index < -0.39 is 0 Å². The molecule has 0 aromatic carbocycles. The Bertz CT molecular complexity index is 727. The van der Waals surface area contributed by atoms with Crippen LogP contribution < -0.4 is 5.32 Å². The van der Waals surface area contributed by atoms with Crippen LogP contribution in [0.1, 0.15) is 25.0 Å². The van der Waals surface area contributed by atoms with Crippen LogP contribution >= 0.6 is 0 Å². The predicted molar refractivity (Wildman–Crippen MR) is 88.2 cm³/mol. The minimum absolute atomic E-state index is 0.173. The van der Waals surface area contributed by atoms with Gasteiger partial charge in [0.1, 0.15) is 0 Å². The normalized spacial score (nSPS) is 20.9. The van der Waals surface area contributed by atoms with Crippen molar-refractivity contribution < 1.29 is 9.90 Å². The molecule has 124 valence electrons. The van der Waals surface area contributed by atoms with E-state index in [0.717, 1.165) is 36.0 Å². The third-order valence-electron chi connectivity index (χ3n) is 4.59. The van der Waals surface area contributed by atoms with Gasteiger partial charge in [0.05, 0.1) is 23.7 Å². The van der Waals surface area contributed by atoms with E-state index in [2.05, 4.69) is 15.4 Å². The first-order valence-electron chi connectivity index (χ1n) is 7.95. The molecule has 0 saturated heterocycles. The summed E-state index contributed by atoms with van der Waals surface area (Å²) in [5, 5.41) is 18.0. The van der Waals surface area contributed by atoms with Crippen LogP contribution in [0.4, 0.5) is 10.5 Å². The van der Waals surface area contributed by atoms with Gasteiger partial charge in [0.15, 0.2) is 5.65 Å². The fourth-order valence-electron chi connectivity index (χ4n) is 3.26. The lowest BCUT2D eigenvalue weighted by Crippen LogP contribution is -2.37. The highest BCUT2D eigenvalue weighted by Crippen LogP contribution is 2.26. The van der Waals surface area contributed by atoms with E-state index in [1.165, 1.54) is 0 Å². The Kier molecular flexibility index (Phi) is 4.21. The smallest absolute Gasteiger partial charge is 0.321 e. The summed E-state index contributed by atoms with van der Waals surface area (Å²) in [6.07, 6.45) is 4.19. The van der Waals surface area contributed by atoms with Crippen molar-refractivity contribution in [3.8, 4) is 0 Å². The fourth-order valence-corrected chi connectivity index (χ4v) is 3.26. The first-order valence-corrected chi connectivity index (χ1v) is 7.95. The maximum Gasteiger partial charge on any atom is 0.321 e. The number of hydrogen-bond donors (Lipinski definition) is 2. The zero-order chi connectivity index (χ0) is 16.6. The Morgan fingerprint density at radius 3 is 3.00 bits per heavy atom. The molecule has 2 heterocycles. The van der Waals surface area contributed by atoms with Crippen LogP contribution in [0.15, 0.2) is 12.3 Å². The molecule has 0 radical (unpaired) electrons. The number of aryl methyl sites for hydroxylation is 2. The molecule has 2 atom stereocenters. The SMILES string of the molecule is Cc1nn(C)c2ncc(NC(=O)N(C)CC3CCCC3O)cc12. The zero-order valence-electron chi connectivity index (χ0n) is 13.8. The average molecular weight is 317 g/mol. The number of nitrogens with one attached hydrogen (secondary N) is 1. The third kappa shape index (κ3) is 3.14. The van der Waals surface area contributed by atoms with Gasteiger partial charge in [-0.25, -0.2) is 9.78 Å². The van der Waals surface area contributed by atoms with Crippen LogP contribution in [0, 0.1) is 12.8 Å². The van der Waals surface area contributed by atoms with E-state index >= 15 is 0 Å². The van der Waals surface area contributed by atoms with E-state index in [1.54, 1.807) is 22.8 Å². The number of nitrogens with zero attached hydrogens (tertiary/aromatic N) is 4. The summed E-state index contributed by atoms with van der Waals surface area (Å²) in [6, 6.07) is 1.70. The molecule has 1 fully saturated rings. The molecule has 1 aliphatic rings.